The van der Waals surface area contributed by atoms with Gasteiger partial charge in [-0.05, 0) is 41.9 Å². The summed E-state index contributed by atoms with van der Waals surface area (Å²) >= 11 is 3.30. The first-order valence-electron chi connectivity index (χ1n) is 8.45. The largest absolute Gasteiger partial charge is 0.324 e. The van der Waals surface area contributed by atoms with E-state index < -0.39 is 0 Å². The second kappa shape index (κ2) is 6.61. The molecule has 0 amide bonds. The van der Waals surface area contributed by atoms with Gasteiger partial charge in [0.15, 0.2) is 11.5 Å². The maximum atomic E-state index is 4.75. The van der Waals surface area contributed by atoms with Gasteiger partial charge < -0.3 is 5.32 Å². The monoisotopic (exact) mass is 389 g/mol. The summed E-state index contributed by atoms with van der Waals surface area (Å²) in [5.74, 6) is 1.35. The first-order valence-corrected chi connectivity index (χ1v) is 10.2. The molecule has 0 spiro atoms. The van der Waals surface area contributed by atoms with Crippen molar-refractivity contribution in [2.75, 3.05) is 5.32 Å². The molecule has 0 aliphatic rings. The molecule has 5 rings (SSSR count). The minimum Gasteiger partial charge on any atom is -0.324 e. The van der Waals surface area contributed by atoms with Crippen LogP contribution in [0.1, 0.15) is 5.56 Å². The lowest BCUT2D eigenvalue weighted by Crippen LogP contribution is -2.04. The summed E-state index contributed by atoms with van der Waals surface area (Å²) in [5, 5.41) is 12.2. The predicted octanol–water partition coefficient (Wildman–Crippen LogP) is 5.63. The minimum atomic E-state index is 0.562. The Balaban J connectivity index is 1.65. The molecule has 0 atom stereocenters. The number of hydrogen-bond donors (Lipinski definition) is 1. The summed E-state index contributed by atoms with van der Waals surface area (Å²) in [4.78, 5) is 11.6. The van der Waals surface area contributed by atoms with E-state index in [4.69, 9.17) is 10.1 Å². The SMILES string of the molecule is Cc1ccc(Nc2nc(-c3cccs3)n3nc(-c4cccs4)cc3n2)cc1. The van der Waals surface area contributed by atoms with Gasteiger partial charge in [-0.15, -0.1) is 22.7 Å². The molecule has 0 fully saturated rings. The molecular formula is C20H15N5S2. The fourth-order valence-electron chi connectivity index (χ4n) is 2.82. The van der Waals surface area contributed by atoms with Gasteiger partial charge in [-0.1, -0.05) is 29.8 Å². The van der Waals surface area contributed by atoms with Crippen molar-refractivity contribution >= 4 is 40.0 Å². The van der Waals surface area contributed by atoms with Crippen molar-refractivity contribution in [1.82, 2.24) is 19.6 Å². The third kappa shape index (κ3) is 3.11. The molecule has 0 unspecified atom stereocenters. The fourth-order valence-corrected chi connectivity index (χ4v) is 4.20. The molecule has 0 saturated heterocycles. The number of nitrogens with zero attached hydrogens (tertiary/aromatic N) is 4. The van der Waals surface area contributed by atoms with Gasteiger partial charge >= 0.3 is 0 Å². The first kappa shape index (κ1) is 16.2. The van der Waals surface area contributed by atoms with Crippen molar-refractivity contribution in [2.45, 2.75) is 6.92 Å². The number of nitrogens with one attached hydrogen (secondary N) is 1. The third-order valence-corrected chi connectivity index (χ3v) is 5.90. The number of rotatable bonds is 4. The van der Waals surface area contributed by atoms with Gasteiger partial charge in [0.05, 0.1) is 9.75 Å². The number of hydrogen-bond acceptors (Lipinski definition) is 6. The molecule has 5 nitrogen and oxygen atoms in total. The Morgan fingerprint density at radius 2 is 1.63 bits per heavy atom. The van der Waals surface area contributed by atoms with Crippen LogP contribution >= 0.6 is 22.7 Å². The first-order chi connectivity index (χ1) is 13.3. The lowest BCUT2D eigenvalue weighted by atomic mass is 10.2. The molecule has 4 aromatic heterocycles. The van der Waals surface area contributed by atoms with Gasteiger partial charge in [0.2, 0.25) is 5.95 Å². The zero-order valence-corrected chi connectivity index (χ0v) is 16.1. The Kier molecular flexibility index (Phi) is 3.95. The Morgan fingerprint density at radius 1 is 0.889 bits per heavy atom. The van der Waals surface area contributed by atoms with Crippen molar-refractivity contribution in [3.8, 4) is 21.3 Å². The van der Waals surface area contributed by atoms with Crippen molar-refractivity contribution in [2.24, 2.45) is 0 Å². The third-order valence-electron chi connectivity index (χ3n) is 4.15. The molecule has 0 aliphatic carbocycles. The van der Waals surface area contributed by atoms with Gasteiger partial charge in [0.1, 0.15) is 5.69 Å². The highest BCUT2D eigenvalue weighted by Gasteiger charge is 2.15. The molecule has 0 saturated carbocycles. The van der Waals surface area contributed by atoms with E-state index in [2.05, 4.69) is 46.9 Å². The number of thiophene rings is 2. The minimum absolute atomic E-state index is 0.562. The lowest BCUT2D eigenvalue weighted by molar-refractivity contribution is 0.914. The maximum Gasteiger partial charge on any atom is 0.231 e. The van der Waals surface area contributed by atoms with Crippen LogP contribution in [-0.2, 0) is 0 Å². The molecule has 27 heavy (non-hydrogen) atoms. The maximum absolute atomic E-state index is 4.75. The number of aryl methyl sites for hydroxylation is 1. The fraction of sp³-hybridized carbons (Fsp3) is 0.0500. The van der Waals surface area contributed by atoms with Crippen LogP contribution < -0.4 is 5.32 Å². The van der Waals surface area contributed by atoms with Gasteiger partial charge in [-0.2, -0.15) is 19.6 Å². The number of fused-ring (bicyclic) bond motifs is 1. The predicted molar refractivity (Wildman–Crippen MR) is 112 cm³/mol. The quantitative estimate of drug-likeness (QED) is 0.433. The van der Waals surface area contributed by atoms with E-state index in [0.29, 0.717) is 5.95 Å². The van der Waals surface area contributed by atoms with Crippen molar-refractivity contribution in [3.63, 3.8) is 0 Å². The molecular weight excluding hydrogens is 374 g/mol. The summed E-state index contributed by atoms with van der Waals surface area (Å²) < 4.78 is 1.82. The van der Waals surface area contributed by atoms with E-state index in [1.165, 1.54) is 5.56 Å². The highest BCUT2D eigenvalue weighted by molar-refractivity contribution is 7.13. The van der Waals surface area contributed by atoms with Gasteiger partial charge in [0, 0.05) is 11.8 Å². The summed E-state index contributed by atoms with van der Waals surface area (Å²) in [6.07, 6.45) is 0. The molecule has 5 aromatic rings. The number of benzene rings is 1. The van der Waals surface area contributed by atoms with Crippen LogP contribution in [0.15, 0.2) is 65.4 Å². The van der Waals surface area contributed by atoms with E-state index in [1.54, 1.807) is 22.7 Å². The summed E-state index contributed by atoms with van der Waals surface area (Å²) in [6, 6.07) is 18.4. The topological polar surface area (TPSA) is 55.1 Å². The van der Waals surface area contributed by atoms with Gasteiger partial charge in [-0.3, -0.25) is 0 Å². The molecule has 1 aromatic carbocycles. The van der Waals surface area contributed by atoms with E-state index in [0.717, 1.165) is 32.6 Å². The number of aromatic nitrogens is 4. The van der Waals surface area contributed by atoms with E-state index in [9.17, 15) is 0 Å². The molecule has 4 heterocycles. The zero-order valence-electron chi connectivity index (χ0n) is 14.5. The van der Waals surface area contributed by atoms with E-state index >= 15 is 0 Å². The van der Waals surface area contributed by atoms with E-state index in [-0.39, 0.29) is 0 Å². The van der Waals surface area contributed by atoms with Crippen molar-refractivity contribution in [1.29, 1.82) is 0 Å². The smallest absolute Gasteiger partial charge is 0.231 e. The van der Waals surface area contributed by atoms with Gasteiger partial charge in [-0.25, -0.2) is 0 Å². The van der Waals surface area contributed by atoms with Crippen LogP contribution in [0.5, 0.6) is 0 Å². The van der Waals surface area contributed by atoms with E-state index in [1.807, 2.05) is 40.2 Å². The zero-order chi connectivity index (χ0) is 18.2. The van der Waals surface area contributed by atoms with Crippen LogP contribution in [0.2, 0.25) is 0 Å². The molecule has 0 aliphatic heterocycles. The molecule has 0 bridgehead atoms. The molecule has 0 radical (unpaired) electrons. The summed E-state index contributed by atoms with van der Waals surface area (Å²) in [6.45, 7) is 2.07. The van der Waals surface area contributed by atoms with Gasteiger partial charge in [0.25, 0.3) is 0 Å². The number of anilines is 2. The van der Waals surface area contributed by atoms with Crippen LogP contribution in [0.4, 0.5) is 11.6 Å². The second-order valence-corrected chi connectivity index (χ2v) is 8.01. The average molecular weight is 390 g/mol. The van der Waals surface area contributed by atoms with Crippen LogP contribution in [-0.4, -0.2) is 19.6 Å². The standard InChI is InChI=1S/C20H15N5S2/c1-13-6-8-14(9-7-13)21-20-22-18-12-15(16-4-2-10-26-16)24-25(18)19(23-20)17-5-3-11-27-17/h2-12H,1H3,(H,21,22). The molecule has 1 N–H and O–H groups in total. The van der Waals surface area contributed by atoms with Crippen LogP contribution in [0.3, 0.4) is 0 Å². The molecule has 132 valence electrons. The van der Waals surface area contributed by atoms with Crippen LogP contribution in [0.25, 0.3) is 26.9 Å². The molecule has 7 heteroatoms. The highest BCUT2D eigenvalue weighted by Crippen LogP contribution is 2.29. The lowest BCUT2D eigenvalue weighted by Gasteiger charge is -2.08. The second-order valence-electron chi connectivity index (χ2n) is 6.12. The Labute approximate surface area is 164 Å². The highest BCUT2D eigenvalue weighted by atomic mass is 32.1. The van der Waals surface area contributed by atoms with Crippen molar-refractivity contribution < 1.29 is 0 Å². The Bertz CT molecular complexity index is 1190. The summed E-state index contributed by atoms with van der Waals surface area (Å²) in [7, 11) is 0. The summed E-state index contributed by atoms with van der Waals surface area (Å²) in [5.41, 5.74) is 3.85. The van der Waals surface area contributed by atoms with Crippen molar-refractivity contribution in [3.05, 3.63) is 70.9 Å². The Hall–Kier alpha value is -3.03. The normalized spacial score (nSPS) is 11.1. The average Bonchev–Trinajstić information content (AvgIpc) is 3.43. The Morgan fingerprint density at radius 3 is 2.33 bits per heavy atom. The van der Waals surface area contributed by atoms with Crippen LogP contribution in [0, 0.1) is 6.92 Å².